The van der Waals surface area contributed by atoms with Crippen LogP contribution in [0.2, 0.25) is 0 Å². The van der Waals surface area contributed by atoms with Crippen molar-refractivity contribution >= 4 is 11.9 Å². The van der Waals surface area contributed by atoms with Crippen LogP contribution in [-0.2, 0) is 0 Å². The number of nitrogens with one attached hydrogen (secondary N) is 2. The first-order valence-corrected chi connectivity index (χ1v) is 7.12. The van der Waals surface area contributed by atoms with Gasteiger partial charge < -0.3 is 20.3 Å². The highest BCUT2D eigenvalue weighted by molar-refractivity contribution is 5.36. The summed E-state index contributed by atoms with van der Waals surface area (Å²) in [6.07, 6.45) is 2.36. The lowest BCUT2D eigenvalue weighted by Gasteiger charge is -2.30. The lowest BCUT2D eigenvalue weighted by atomic mass is 10.1. The third kappa shape index (κ3) is 4.19. The first kappa shape index (κ1) is 14.8. The summed E-state index contributed by atoms with van der Waals surface area (Å²) in [5.74, 6) is 1.09. The Bertz CT molecular complexity index is 439. The number of rotatable bonds is 5. The highest BCUT2D eigenvalue weighted by atomic mass is 16.5. The topological polar surface area (TPSA) is 75.2 Å². The average Bonchev–Trinajstić information content (AvgIpc) is 2.37. The maximum atomic E-state index is 5.55. The lowest BCUT2D eigenvalue weighted by molar-refractivity contribution is 0.222. The molecule has 0 bridgehead atoms. The van der Waals surface area contributed by atoms with Crippen molar-refractivity contribution in [3.63, 3.8) is 0 Å². The Balaban J connectivity index is 2.09. The molecule has 0 aromatic carbocycles. The standard InChI is InChI=1S/C13H24N6O/c1-9(2)20-13-17-11(14-3)16-12(18-13)15-10-6-5-7-19(4)8-10/h9-10H,5-8H2,1-4H3,(H2,14,15,16,17,18). The second-order valence-corrected chi connectivity index (χ2v) is 5.43. The van der Waals surface area contributed by atoms with Gasteiger partial charge in [0.2, 0.25) is 11.9 Å². The first-order valence-electron chi connectivity index (χ1n) is 7.12. The number of likely N-dealkylation sites (tertiary alicyclic amines) is 1. The molecule has 7 heteroatoms. The van der Waals surface area contributed by atoms with Crippen molar-refractivity contribution < 1.29 is 4.74 Å². The molecule has 1 aliphatic rings. The van der Waals surface area contributed by atoms with Gasteiger partial charge in [0.15, 0.2) is 0 Å². The van der Waals surface area contributed by atoms with Crippen LogP contribution in [-0.4, -0.2) is 59.2 Å². The molecule has 0 radical (unpaired) electrons. The molecule has 2 rings (SSSR count). The largest absolute Gasteiger partial charge is 0.461 e. The molecule has 0 amide bonds. The predicted octanol–water partition coefficient (Wildman–Crippen LogP) is 1.21. The molecule has 1 saturated heterocycles. The van der Waals surface area contributed by atoms with Crippen molar-refractivity contribution in [3.05, 3.63) is 0 Å². The van der Waals surface area contributed by atoms with Gasteiger partial charge in [0, 0.05) is 19.6 Å². The van der Waals surface area contributed by atoms with Crippen molar-refractivity contribution in [2.45, 2.75) is 38.8 Å². The van der Waals surface area contributed by atoms with Crippen molar-refractivity contribution in [2.24, 2.45) is 0 Å². The molecule has 1 aromatic rings. The summed E-state index contributed by atoms with van der Waals surface area (Å²) in [7, 11) is 3.92. The maximum absolute atomic E-state index is 5.55. The first-order chi connectivity index (χ1) is 9.56. The zero-order chi connectivity index (χ0) is 14.5. The third-order valence-electron chi connectivity index (χ3n) is 3.14. The molecule has 0 aliphatic carbocycles. The SMILES string of the molecule is CNc1nc(NC2CCCN(C)C2)nc(OC(C)C)n1. The Morgan fingerprint density at radius 3 is 2.65 bits per heavy atom. The van der Waals surface area contributed by atoms with Gasteiger partial charge >= 0.3 is 6.01 Å². The number of hydrogen-bond acceptors (Lipinski definition) is 7. The van der Waals surface area contributed by atoms with E-state index < -0.39 is 0 Å². The molecule has 1 aliphatic heterocycles. The van der Waals surface area contributed by atoms with Crippen LogP contribution in [0.5, 0.6) is 6.01 Å². The van der Waals surface area contributed by atoms with Crippen molar-refractivity contribution in [2.75, 3.05) is 37.8 Å². The van der Waals surface area contributed by atoms with Crippen LogP contribution in [0.25, 0.3) is 0 Å². The van der Waals surface area contributed by atoms with Crippen molar-refractivity contribution in [1.29, 1.82) is 0 Å². The van der Waals surface area contributed by atoms with Gasteiger partial charge in [0.25, 0.3) is 0 Å². The lowest BCUT2D eigenvalue weighted by Crippen LogP contribution is -2.40. The molecule has 112 valence electrons. The van der Waals surface area contributed by atoms with Gasteiger partial charge in [-0.05, 0) is 40.3 Å². The van der Waals surface area contributed by atoms with E-state index in [1.54, 1.807) is 7.05 Å². The number of ether oxygens (including phenoxy) is 1. The van der Waals surface area contributed by atoms with Gasteiger partial charge in [-0.2, -0.15) is 15.0 Å². The van der Waals surface area contributed by atoms with E-state index >= 15 is 0 Å². The molecule has 1 aromatic heterocycles. The number of piperidine rings is 1. The molecular weight excluding hydrogens is 256 g/mol. The maximum Gasteiger partial charge on any atom is 0.323 e. The van der Waals surface area contributed by atoms with E-state index in [0.29, 0.717) is 23.9 Å². The fourth-order valence-electron chi connectivity index (χ4n) is 2.26. The molecule has 0 spiro atoms. The molecular formula is C13H24N6O. The van der Waals surface area contributed by atoms with Crippen LogP contribution in [0.3, 0.4) is 0 Å². The van der Waals surface area contributed by atoms with Gasteiger partial charge in [0.1, 0.15) is 0 Å². The van der Waals surface area contributed by atoms with Crippen LogP contribution in [0.4, 0.5) is 11.9 Å². The molecule has 20 heavy (non-hydrogen) atoms. The molecule has 7 nitrogen and oxygen atoms in total. The van der Waals surface area contributed by atoms with E-state index in [4.69, 9.17) is 4.74 Å². The molecule has 1 unspecified atom stereocenters. The van der Waals surface area contributed by atoms with Gasteiger partial charge in [0.05, 0.1) is 6.10 Å². The van der Waals surface area contributed by atoms with Crippen LogP contribution in [0.15, 0.2) is 0 Å². The van der Waals surface area contributed by atoms with Crippen LogP contribution < -0.4 is 15.4 Å². The van der Waals surface area contributed by atoms with Crippen LogP contribution >= 0.6 is 0 Å². The van der Waals surface area contributed by atoms with E-state index in [-0.39, 0.29) is 6.10 Å². The Morgan fingerprint density at radius 2 is 2.00 bits per heavy atom. The minimum absolute atomic E-state index is 0.0378. The summed E-state index contributed by atoms with van der Waals surface area (Å²) in [4.78, 5) is 15.2. The molecule has 1 atom stereocenters. The highest BCUT2D eigenvalue weighted by Crippen LogP contribution is 2.16. The summed E-state index contributed by atoms with van der Waals surface area (Å²) >= 11 is 0. The minimum Gasteiger partial charge on any atom is -0.461 e. The second-order valence-electron chi connectivity index (χ2n) is 5.43. The van der Waals surface area contributed by atoms with E-state index in [2.05, 4.69) is 37.5 Å². The minimum atomic E-state index is 0.0378. The van der Waals surface area contributed by atoms with Crippen molar-refractivity contribution in [1.82, 2.24) is 19.9 Å². The summed E-state index contributed by atoms with van der Waals surface area (Å²) in [6, 6.07) is 0.721. The van der Waals surface area contributed by atoms with Crippen LogP contribution in [0.1, 0.15) is 26.7 Å². The van der Waals surface area contributed by atoms with E-state index in [9.17, 15) is 0 Å². The number of hydrogen-bond donors (Lipinski definition) is 2. The summed E-state index contributed by atoms with van der Waals surface area (Å²) in [5, 5.41) is 6.31. The zero-order valence-corrected chi connectivity index (χ0v) is 12.7. The van der Waals surface area contributed by atoms with E-state index in [1.165, 1.54) is 6.42 Å². The Hall–Kier alpha value is -1.63. The van der Waals surface area contributed by atoms with Crippen molar-refractivity contribution in [3.8, 4) is 6.01 Å². The zero-order valence-electron chi connectivity index (χ0n) is 12.7. The Labute approximate surface area is 120 Å². The fraction of sp³-hybridized carbons (Fsp3) is 0.769. The van der Waals surface area contributed by atoms with Crippen LogP contribution in [0, 0.1) is 0 Å². The summed E-state index contributed by atoms with van der Waals surface area (Å²) in [5.41, 5.74) is 0. The fourth-order valence-corrected chi connectivity index (χ4v) is 2.26. The van der Waals surface area contributed by atoms with E-state index in [1.807, 2.05) is 13.8 Å². The van der Waals surface area contributed by atoms with Gasteiger partial charge in [-0.1, -0.05) is 0 Å². The predicted molar refractivity (Wildman–Crippen MR) is 79.3 cm³/mol. The number of aromatic nitrogens is 3. The average molecular weight is 280 g/mol. The molecule has 2 N–H and O–H groups in total. The van der Waals surface area contributed by atoms with E-state index in [0.717, 1.165) is 19.5 Å². The highest BCUT2D eigenvalue weighted by Gasteiger charge is 2.18. The molecule has 0 saturated carbocycles. The van der Waals surface area contributed by atoms with Gasteiger partial charge in [-0.3, -0.25) is 0 Å². The quantitative estimate of drug-likeness (QED) is 0.839. The number of nitrogens with zero attached hydrogens (tertiary/aromatic N) is 4. The van der Waals surface area contributed by atoms with Gasteiger partial charge in [-0.15, -0.1) is 0 Å². The summed E-state index contributed by atoms with van der Waals surface area (Å²) < 4.78 is 5.55. The smallest absolute Gasteiger partial charge is 0.323 e. The normalized spacial score (nSPS) is 19.9. The number of likely N-dealkylation sites (N-methyl/N-ethyl adjacent to an activating group) is 1. The molecule has 2 heterocycles. The summed E-state index contributed by atoms with van der Waals surface area (Å²) in [6.45, 7) is 6.05. The third-order valence-corrected chi connectivity index (χ3v) is 3.14. The second kappa shape index (κ2) is 6.69. The number of anilines is 2. The Kier molecular flexibility index (Phi) is 4.94. The Morgan fingerprint density at radius 1 is 1.25 bits per heavy atom. The van der Waals surface area contributed by atoms with Gasteiger partial charge in [-0.25, -0.2) is 0 Å². The molecule has 1 fully saturated rings. The monoisotopic (exact) mass is 280 g/mol.